The monoisotopic (exact) mass is 183 g/mol. The Balaban J connectivity index is 2.44. The minimum atomic E-state index is -0.306. The van der Waals surface area contributed by atoms with Crippen LogP contribution in [0.1, 0.15) is 25.5 Å². The lowest BCUT2D eigenvalue weighted by molar-refractivity contribution is 0.187. The van der Waals surface area contributed by atoms with Gasteiger partial charge < -0.3 is 10.4 Å². The Kier molecular flexibility index (Phi) is 3.45. The molecule has 74 valence electrons. The maximum Gasteiger partial charge on any atom is 0.0636 e. The van der Waals surface area contributed by atoms with Crippen molar-refractivity contribution >= 4 is 0 Å². The molecule has 0 amide bonds. The molecule has 0 aliphatic heterocycles. The molecule has 4 heteroatoms. The molecule has 4 nitrogen and oxygen atoms in total. The normalized spacial score (nSPS) is 15.7. The van der Waals surface area contributed by atoms with Gasteiger partial charge in [0, 0.05) is 31.4 Å². The number of hydrogen-bond donors (Lipinski definition) is 2. The summed E-state index contributed by atoms with van der Waals surface area (Å²) in [4.78, 5) is 0. The van der Waals surface area contributed by atoms with Crippen molar-refractivity contribution in [2.24, 2.45) is 7.05 Å². The third-order valence-electron chi connectivity index (χ3n) is 1.94. The molecule has 0 saturated heterocycles. The molecule has 1 aromatic heterocycles. The smallest absolute Gasteiger partial charge is 0.0636 e. The number of rotatable bonds is 4. The van der Waals surface area contributed by atoms with Crippen LogP contribution in [0.15, 0.2) is 12.4 Å². The predicted octanol–water partition coefficient (Wildman–Crippen LogP) is 0.451. The fraction of sp³-hybridized carbons (Fsp3) is 0.667. The fourth-order valence-electron chi connectivity index (χ4n) is 1.13. The van der Waals surface area contributed by atoms with Gasteiger partial charge in [0.25, 0.3) is 0 Å². The largest absolute Gasteiger partial charge is 0.392 e. The number of aryl methyl sites for hydroxylation is 1. The quantitative estimate of drug-likeness (QED) is 0.712. The Morgan fingerprint density at radius 2 is 2.31 bits per heavy atom. The second-order valence-corrected chi connectivity index (χ2v) is 3.43. The molecule has 1 rings (SSSR count). The first-order chi connectivity index (χ1) is 6.09. The Hall–Kier alpha value is -0.870. The van der Waals surface area contributed by atoms with Gasteiger partial charge in [-0.25, -0.2) is 0 Å². The summed E-state index contributed by atoms with van der Waals surface area (Å²) in [5, 5.41) is 16.4. The first-order valence-electron chi connectivity index (χ1n) is 4.49. The van der Waals surface area contributed by atoms with Gasteiger partial charge in [0.15, 0.2) is 0 Å². The summed E-state index contributed by atoms with van der Waals surface area (Å²) in [6.45, 7) is 4.43. The van der Waals surface area contributed by atoms with Gasteiger partial charge in [0.1, 0.15) is 0 Å². The van der Waals surface area contributed by atoms with Gasteiger partial charge in [0.2, 0.25) is 0 Å². The van der Waals surface area contributed by atoms with Crippen LogP contribution >= 0.6 is 0 Å². The minimum Gasteiger partial charge on any atom is -0.392 e. The van der Waals surface area contributed by atoms with E-state index in [1.807, 2.05) is 19.4 Å². The zero-order chi connectivity index (χ0) is 9.84. The first kappa shape index (κ1) is 10.2. The van der Waals surface area contributed by atoms with Crippen LogP contribution in [0.25, 0.3) is 0 Å². The molecule has 2 N–H and O–H groups in total. The molecule has 2 atom stereocenters. The minimum absolute atomic E-state index is 0.239. The lowest BCUT2D eigenvalue weighted by Crippen LogP contribution is -2.26. The average molecular weight is 183 g/mol. The van der Waals surface area contributed by atoms with Gasteiger partial charge in [-0.1, -0.05) is 0 Å². The van der Waals surface area contributed by atoms with Gasteiger partial charge in [-0.15, -0.1) is 0 Å². The number of aromatic nitrogens is 2. The van der Waals surface area contributed by atoms with Gasteiger partial charge in [-0.3, -0.25) is 4.68 Å². The van der Waals surface area contributed by atoms with E-state index in [9.17, 15) is 0 Å². The van der Waals surface area contributed by atoms with Crippen LogP contribution in [-0.2, 0) is 7.05 Å². The number of nitrogens with one attached hydrogen (secondary N) is 1. The number of aliphatic hydroxyl groups excluding tert-OH is 1. The van der Waals surface area contributed by atoms with Crippen molar-refractivity contribution in [3.63, 3.8) is 0 Å². The van der Waals surface area contributed by atoms with Crippen LogP contribution in [-0.4, -0.2) is 27.5 Å². The van der Waals surface area contributed by atoms with Crippen molar-refractivity contribution in [1.29, 1.82) is 0 Å². The van der Waals surface area contributed by atoms with E-state index in [0.717, 1.165) is 5.56 Å². The van der Waals surface area contributed by atoms with Crippen molar-refractivity contribution in [2.75, 3.05) is 6.54 Å². The zero-order valence-electron chi connectivity index (χ0n) is 8.36. The average Bonchev–Trinajstić information content (AvgIpc) is 2.47. The molecule has 1 heterocycles. The van der Waals surface area contributed by atoms with Crippen LogP contribution in [0.5, 0.6) is 0 Å². The Bertz CT molecular complexity index is 257. The van der Waals surface area contributed by atoms with Gasteiger partial charge in [-0.05, 0) is 13.8 Å². The maximum atomic E-state index is 9.07. The van der Waals surface area contributed by atoms with Gasteiger partial charge in [0.05, 0.1) is 12.3 Å². The molecule has 13 heavy (non-hydrogen) atoms. The van der Waals surface area contributed by atoms with E-state index in [4.69, 9.17) is 5.11 Å². The molecule has 0 aliphatic rings. The highest BCUT2D eigenvalue weighted by Gasteiger charge is 2.07. The van der Waals surface area contributed by atoms with Gasteiger partial charge >= 0.3 is 0 Å². The fourth-order valence-corrected chi connectivity index (χ4v) is 1.13. The summed E-state index contributed by atoms with van der Waals surface area (Å²) in [6, 6.07) is 0.239. The number of hydrogen-bond acceptors (Lipinski definition) is 3. The van der Waals surface area contributed by atoms with E-state index in [1.165, 1.54) is 0 Å². The van der Waals surface area contributed by atoms with Crippen LogP contribution in [0.4, 0.5) is 0 Å². The SMILES string of the molecule is C[C@H](NC[C@@H](C)O)c1cnn(C)c1. The van der Waals surface area contributed by atoms with Crippen molar-refractivity contribution in [3.8, 4) is 0 Å². The molecule has 0 fully saturated rings. The standard InChI is InChI=1S/C9H17N3O/c1-7(13)4-10-8(2)9-5-11-12(3)6-9/h5-8,10,13H,4H2,1-3H3/t7-,8+/m1/s1. The summed E-state index contributed by atoms with van der Waals surface area (Å²) in [6.07, 6.45) is 3.50. The van der Waals surface area contributed by atoms with Crippen molar-refractivity contribution < 1.29 is 5.11 Å². The van der Waals surface area contributed by atoms with Crippen molar-refractivity contribution in [3.05, 3.63) is 18.0 Å². The maximum absolute atomic E-state index is 9.07. The molecule has 0 unspecified atom stereocenters. The highest BCUT2D eigenvalue weighted by molar-refractivity contribution is 5.08. The molecule has 0 bridgehead atoms. The summed E-state index contributed by atoms with van der Waals surface area (Å²) in [5.74, 6) is 0. The summed E-state index contributed by atoms with van der Waals surface area (Å²) >= 11 is 0. The van der Waals surface area contributed by atoms with E-state index in [-0.39, 0.29) is 12.1 Å². The highest BCUT2D eigenvalue weighted by Crippen LogP contribution is 2.09. The molecular formula is C9H17N3O. The molecule has 1 aromatic rings. The van der Waals surface area contributed by atoms with Crippen molar-refractivity contribution in [1.82, 2.24) is 15.1 Å². The van der Waals surface area contributed by atoms with Crippen LogP contribution in [0.2, 0.25) is 0 Å². The second-order valence-electron chi connectivity index (χ2n) is 3.43. The zero-order valence-corrected chi connectivity index (χ0v) is 8.36. The van der Waals surface area contributed by atoms with Gasteiger partial charge in [-0.2, -0.15) is 5.10 Å². The molecule has 0 radical (unpaired) electrons. The Morgan fingerprint density at radius 1 is 1.62 bits per heavy atom. The predicted molar refractivity (Wildman–Crippen MR) is 51.3 cm³/mol. The summed E-state index contributed by atoms with van der Waals surface area (Å²) in [5.41, 5.74) is 1.14. The third kappa shape index (κ3) is 3.16. The van der Waals surface area contributed by atoms with Crippen LogP contribution in [0, 0.1) is 0 Å². The number of aliphatic hydroxyl groups is 1. The van der Waals surface area contributed by atoms with Crippen molar-refractivity contribution in [2.45, 2.75) is 26.0 Å². The lowest BCUT2D eigenvalue weighted by Gasteiger charge is -2.12. The topological polar surface area (TPSA) is 50.1 Å². The molecule has 0 saturated carbocycles. The van der Waals surface area contributed by atoms with Crippen LogP contribution in [0.3, 0.4) is 0 Å². The second kappa shape index (κ2) is 4.39. The molecular weight excluding hydrogens is 166 g/mol. The Labute approximate surface area is 78.6 Å². The van der Waals surface area contributed by atoms with E-state index in [2.05, 4.69) is 17.3 Å². The first-order valence-corrected chi connectivity index (χ1v) is 4.49. The lowest BCUT2D eigenvalue weighted by atomic mass is 10.2. The summed E-state index contributed by atoms with van der Waals surface area (Å²) < 4.78 is 1.77. The molecule has 0 aromatic carbocycles. The Morgan fingerprint density at radius 3 is 2.77 bits per heavy atom. The van der Waals surface area contributed by atoms with E-state index >= 15 is 0 Å². The molecule has 0 aliphatic carbocycles. The van der Waals surface area contributed by atoms with Crippen LogP contribution < -0.4 is 5.32 Å². The third-order valence-corrected chi connectivity index (χ3v) is 1.94. The van der Waals surface area contributed by atoms with E-state index < -0.39 is 0 Å². The highest BCUT2D eigenvalue weighted by atomic mass is 16.3. The van der Waals surface area contributed by atoms with E-state index in [1.54, 1.807) is 11.6 Å². The number of nitrogens with zero attached hydrogens (tertiary/aromatic N) is 2. The molecule has 0 spiro atoms. The van der Waals surface area contributed by atoms with E-state index in [0.29, 0.717) is 6.54 Å². The summed E-state index contributed by atoms with van der Waals surface area (Å²) in [7, 11) is 1.89.